The number of thioether (sulfide) groups is 1. The number of nitrogens with zero attached hydrogens (tertiary/aromatic N) is 1. The molecule has 0 N–H and O–H groups in total. The van der Waals surface area contributed by atoms with Gasteiger partial charge in [0.1, 0.15) is 11.1 Å². The summed E-state index contributed by atoms with van der Waals surface area (Å²) in [5.74, 6) is 1.18. The average Bonchev–Trinajstić information content (AvgIpc) is 2.90. The molecule has 126 valence electrons. The Bertz CT molecular complexity index is 549. The Hall–Kier alpha value is -1.69. The summed E-state index contributed by atoms with van der Waals surface area (Å²) in [5, 5.41) is -0.0487. The Kier molecular flexibility index (Phi) is 6.77. The zero-order valence-corrected chi connectivity index (χ0v) is 14.4. The van der Waals surface area contributed by atoms with Gasteiger partial charge in [-0.1, -0.05) is 18.2 Å². The zero-order valence-electron chi connectivity index (χ0n) is 13.6. The van der Waals surface area contributed by atoms with Crippen molar-refractivity contribution in [2.45, 2.75) is 32.1 Å². The number of amides is 1. The quantitative estimate of drug-likeness (QED) is 0.683. The molecule has 6 heteroatoms. The lowest BCUT2D eigenvalue weighted by atomic mass is 10.1. The normalized spacial score (nSPS) is 17.4. The van der Waals surface area contributed by atoms with E-state index in [9.17, 15) is 9.59 Å². The highest BCUT2D eigenvalue weighted by Gasteiger charge is 2.34. The maximum absolute atomic E-state index is 12.2. The van der Waals surface area contributed by atoms with Gasteiger partial charge in [0, 0.05) is 18.5 Å². The average molecular weight is 337 g/mol. The van der Waals surface area contributed by atoms with Gasteiger partial charge in [0.25, 0.3) is 0 Å². The molecule has 1 aromatic rings. The number of benzene rings is 1. The minimum absolute atomic E-state index is 0.0487. The first-order valence-corrected chi connectivity index (χ1v) is 9.00. The van der Waals surface area contributed by atoms with Crippen LogP contribution in [0.2, 0.25) is 0 Å². The topological polar surface area (TPSA) is 55.8 Å². The monoisotopic (exact) mass is 337 g/mol. The summed E-state index contributed by atoms with van der Waals surface area (Å²) in [5.41, 5.74) is 1.02. The largest absolute Gasteiger partial charge is 0.493 e. The fourth-order valence-corrected chi connectivity index (χ4v) is 3.80. The minimum Gasteiger partial charge on any atom is -0.493 e. The summed E-state index contributed by atoms with van der Waals surface area (Å²) in [6.45, 7) is 5.27. The third-order valence-corrected chi connectivity index (χ3v) is 4.78. The number of rotatable bonds is 8. The molecule has 1 amide bonds. The molecule has 0 radical (unpaired) electrons. The predicted octanol–water partition coefficient (Wildman–Crippen LogP) is 3.00. The summed E-state index contributed by atoms with van der Waals surface area (Å²) in [7, 11) is 0. The Balaban J connectivity index is 2.03. The molecule has 0 spiro atoms. The molecule has 1 aromatic carbocycles. The van der Waals surface area contributed by atoms with Gasteiger partial charge >= 0.3 is 5.97 Å². The summed E-state index contributed by atoms with van der Waals surface area (Å²) in [6, 6.07) is 7.82. The molecule has 1 fully saturated rings. The van der Waals surface area contributed by atoms with Crippen LogP contribution < -0.4 is 4.74 Å². The smallest absolute Gasteiger partial charge is 0.305 e. The molecule has 2 rings (SSSR count). The van der Waals surface area contributed by atoms with E-state index in [1.54, 1.807) is 18.7 Å². The molecule has 0 bridgehead atoms. The fourth-order valence-electron chi connectivity index (χ4n) is 2.55. The Labute approximate surface area is 141 Å². The van der Waals surface area contributed by atoms with Crippen molar-refractivity contribution in [1.82, 2.24) is 4.90 Å². The van der Waals surface area contributed by atoms with Gasteiger partial charge in [-0.2, -0.15) is 0 Å². The molecule has 1 saturated heterocycles. The molecule has 1 aliphatic heterocycles. The molecule has 0 aromatic heterocycles. The first-order chi connectivity index (χ1) is 11.2. The van der Waals surface area contributed by atoms with Crippen molar-refractivity contribution in [2.24, 2.45) is 0 Å². The lowest BCUT2D eigenvalue weighted by Crippen LogP contribution is -2.29. The van der Waals surface area contributed by atoms with E-state index in [1.165, 1.54) is 0 Å². The molecule has 1 atom stereocenters. The highest BCUT2D eigenvalue weighted by molar-refractivity contribution is 8.00. The number of ether oxygens (including phenoxy) is 2. The van der Waals surface area contributed by atoms with Crippen LogP contribution in [-0.4, -0.2) is 42.3 Å². The summed E-state index contributed by atoms with van der Waals surface area (Å²) in [6.07, 6.45) is 0.945. The van der Waals surface area contributed by atoms with Crippen molar-refractivity contribution in [3.8, 4) is 5.75 Å². The molecule has 0 aliphatic carbocycles. The maximum Gasteiger partial charge on any atom is 0.305 e. The second-order valence-electron chi connectivity index (χ2n) is 5.13. The Morgan fingerprint density at radius 3 is 2.83 bits per heavy atom. The van der Waals surface area contributed by atoms with Gasteiger partial charge in [-0.15, -0.1) is 11.8 Å². The maximum atomic E-state index is 12.2. The van der Waals surface area contributed by atoms with E-state index in [0.717, 1.165) is 11.3 Å². The van der Waals surface area contributed by atoms with E-state index in [0.29, 0.717) is 38.4 Å². The van der Waals surface area contributed by atoms with Crippen LogP contribution >= 0.6 is 11.8 Å². The number of para-hydroxylation sites is 1. The van der Waals surface area contributed by atoms with Crippen molar-refractivity contribution >= 4 is 23.6 Å². The fraction of sp³-hybridized carbons (Fsp3) is 0.529. The second kappa shape index (κ2) is 8.82. The molecule has 5 nitrogen and oxygen atoms in total. The molecule has 23 heavy (non-hydrogen) atoms. The van der Waals surface area contributed by atoms with Crippen LogP contribution in [0.1, 0.15) is 37.6 Å². The van der Waals surface area contributed by atoms with Crippen molar-refractivity contribution in [3.05, 3.63) is 29.8 Å². The molecular formula is C17H23NO4S. The van der Waals surface area contributed by atoms with E-state index in [4.69, 9.17) is 9.47 Å². The Morgan fingerprint density at radius 2 is 2.09 bits per heavy atom. The second-order valence-corrected chi connectivity index (χ2v) is 6.20. The van der Waals surface area contributed by atoms with E-state index < -0.39 is 0 Å². The molecule has 1 heterocycles. The first-order valence-electron chi connectivity index (χ1n) is 7.95. The van der Waals surface area contributed by atoms with Crippen LogP contribution in [0.3, 0.4) is 0 Å². The number of hydrogen-bond acceptors (Lipinski definition) is 5. The van der Waals surface area contributed by atoms with Crippen LogP contribution in [-0.2, 0) is 14.3 Å². The van der Waals surface area contributed by atoms with Gasteiger partial charge in [0.2, 0.25) is 5.91 Å². The minimum atomic E-state index is -0.210. The molecule has 0 saturated carbocycles. The summed E-state index contributed by atoms with van der Waals surface area (Å²) < 4.78 is 10.6. The van der Waals surface area contributed by atoms with Crippen LogP contribution in [0.4, 0.5) is 0 Å². The van der Waals surface area contributed by atoms with E-state index in [1.807, 2.05) is 36.1 Å². The highest BCUT2D eigenvalue weighted by atomic mass is 32.2. The predicted molar refractivity (Wildman–Crippen MR) is 90.4 cm³/mol. The number of carbonyl (C=O) groups is 2. The molecular weight excluding hydrogens is 314 g/mol. The van der Waals surface area contributed by atoms with Crippen LogP contribution in [0.15, 0.2) is 24.3 Å². The molecule has 1 aliphatic rings. The SMILES string of the molecule is CCOC(=O)CCCN1C(=O)CSC1c1ccccc1OCC. The zero-order chi connectivity index (χ0) is 16.7. The highest BCUT2D eigenvalue weighted by Crippen LogP contribution is 2.42. The van der Waals surface area contributed by atoms with E-state index in [2.05, 4.69) is 0 Å². The van der Waals surface area contributed by atoms with E-state index >= 15 is 0 Å². The van der Waals surface area contributed by atoms with Crippen molar-refractivity contribution < 1.29 is 19.1 Å². The Morgan fingerprint density at radius 1 is 1.30 bits per heavy atom. The number of hydrogen-bond donors (Lipinski definition) is 0. The third-order valence-electron chi connectivity index (χ3n) is 3.54. The lowest BCUT2D eigenvalue weighted by molar-refractivity contribution is -0.143. The van der Waals surface area contributed by atoms with Crippen molar-refractivity contribution in [1.29, 1.82) is 0 Å². The first kappa shape index (κ1) is 17.7. The van der Waals surface area contributed by atoms with Crippen molar-refractivity contribution in [2.75, 3.05) is 25.5 Å². The van der Waals surface area contributed by atoms with Gasteiger partial charge < -0.3 is 14.4 Å². The van der Waals surface area contributed by atoms with Crippen LogP contribution in [0.25, 0.3) is 0 Å². The van der Waals surface area contributed by atoms with E-state index in [-0.39, 0.29) is 17.3 Å². The number of carbonyl (C=O) groups excluding carboxylic acids is 2. The summed E-state index contributed by atoms with van der Waals surface area (Å²) in [4.78, 5) is 25.5. The third kappa shape index (κ3) is 4.64. The van der Waals surface area contributed by atoms with Crippen molar-refractivity contribution in [3.63, 3.8) is 0 Å². The van der Waals surface area contributed by atoms with Crippen LogP contribution in [0, 0.1) is 0 Å². The van der Waals surface area contributed by atoms with Gasteiger partial charge in [-0.05, 0) is 26.3 Å². The summed E-state index contributed by atoms with van der Waals surface area (Å²) >= 11 is 1.60. The van der Waals surface area contributed by atoms with Gasteiger partial charge in [0.05, 0.1) is 19.0 Å². The lowest BCUT2D eigenvalue weighted by Gasteiger charge is -2.25. The standard InChI is InChI=1S/C17H23NO4S/c1-3-21-14-9-6-5-8-13(14)17-18(15(19)12-23-17)11-7-10-16(20)22-4-2/h5-6,8-9,17H,3-4,7,10-12H2,1-2H3. The van der Waals surface area contributed by atoms with Crippen LogP contribution in [0.5, 0.6) is 5.75 Å². The van der Waals surface area contributed by atoms with Gasteiger partial charge in [-0.3, -0.25) is 9.59 Å². The van der Waals surface area contributed by atoms with Gasteiger partial charge in [0.15, 0.2) is 0 Å². The number of esters is 1. The molecule has 1 unspecified atom stereocenters. The van der Waals surface area contributed by atoms with Gasteiger partial charge in [-0.25, -0.2) is 0 Å².